The van der Waals surface area contributed by atoms with E-state index in [2.05, 4.69) is 6.92 Å². The first kappa shape index (κ1) is 12.7. The molecule has 1 rings (SSSR count). The van der Waals surface area contributed by atoms with E-state index in [-0.39, 0.29) is 11.9 Å². The van der Waals surface area contributed by atoms with Crippen LogP contribution in [-0.4, -0.2) is 19.0 Å². The molecule has 2 N–H and O–H groups in total. The maximum atomic E-state index is 11.9. The van der Waals surface area contributed by atoms with Gasteiger partial charge in [-0.1, -0.05) is 31.5 Å². The van der Waals surface area contributed by atoms with Crippen LogP contribution < -0.4 is 10.6 Å². The number of carbonyl (C=O) groups is 1. The highest BCUT2D eigenvalue weighted by molar-refractivity contribution is 5.93. The highest BCUT2D eigenvalue weighted by atomic mass is 16.2. The SMILES string of the molecule is CCCC(N)CC(=O)N(C)c1ccccc1. The Hall–Kier alpha value is -1.35. The summed E-state index contributed by atoms with van der Waals surface area (Å²) in [6, 6.07) is 9.59. The number of hydrogen-bond donors (Lipinski definition) is 1. The highest BCUT2D eigenvalue weighted by Gasteiger charge is 2.14. The maximum absolute atomic E-state index is 11.9. The Morgan fingerprint density at radius 2 is 2.00 bits per heavy atom. The number of amides is 1. The van der Waals surface area contributed by atoms with Crippen LogP contribution >= 0.6 is 0 Å². The number of hydrogen-bond acceptors (Lipinski definition) is 2. The molecule has 16 heavy (non-hydrogen) atoms. The molecule has 0 fully saturated rings. The summed E-state index contributed by atoms with van der Waals surface area (Å²) in [6.45, 7) is 2.07. The molecule has 0 saturated heterocycles. The minimum absolute atomic E-state index is 0.0244. The fourth-order valence-electron chi connectivity index (χ4n) is 1.63. The Balaban J connectivity index is 2.55. The van der Waals surface area contributed by atoms with Gasteiger partial charge in [0.25, 0.3) is 0 Å². The van der Waals surface area contributed by atoms with Gasteiger partial charge in [-0.25, -0.2) is 0 Å². The van der Waals surface area contributed by atoms with Gasteiger partial charge in [-0.15, -0.1) is 0 Å². The molecule has 1 aromatic carbocycles. The van der Waals surface area contributed by atoms with Crippen molar-refractivity contribution in [2.75, 3.05) is 11.9 Å². The van der Waals surface area contributed by atoms with Crippen molar-refractivity contribution in [1.82, 2.24) is 0 Å². The molecule has 88 valence electrons. The van der Waals surface area contributed by atoms with Crippen LogP contribution in [0.15, 0.2) is 30.3 Å². The normalized spacial score (nSPS) is 12.2. The number of rotatable bonds is 5. The summed E-state index contributed by atoms with van der Waals surface area (Å²) in [7, 11) is 1.79. The lowest BCUT2D eigenvalue weighted by molar-refractivity contribution is -0.118. The average Bonchev–Trinajstić information content (AvgIpc) is 2.29. The van der Waals surface area contributed by atoms with Gasteiger partial charge in [0.1, 0.15) is 0 Å². The van der Waals surface area contributed by atoms with E-state index in [1.54, 1.807) is 11.9 Å². The van der Waals surface area contributed by atoms with Gasteiger partial charge >= 0.3 is 0 Å². The predicted molar refractivity (Wildman–Crippen MR) is 67.4 cm³/mol. The smallest absolute Gasteiger partial charge is 0.228 e. The van der Waals surface area contributed by atoms with E-state index in [0.717, 1.165) is 18.5 Å². The predicted octanol–water partition coefficient (Wildman–Crippen LogP) is 2.17. The summed E-state index contributed by atoms with van der Waals surface area (Å²) < 4.78 is 0. The van der Waals surface area contributed by atoms with Gasteiger partial charge in [0.05, 0.1) is 0 Å². The first-order chi connectivity index (χ1) is 7.65. The van der Waals surface area contributed by atoms with E-state index in [4.69, 9.17) is 5.73 Å². The van der Waals surface area contributed by atoms with E-state index in [1.807, 2.05) is 30.3 Å². The van der Waals surface area contributed by atoms with Crippen molar-refractivity contribution in [3.63, 3.8) is 0 Å². The Morgan fingerprint density at radius 1 is 1.38 bits per heavy atom. The molecule has 0 bridgehead atoms. The molecule has 0 aliphatic heterocycles. The fraction of sp³-hybridized carbons (Fsp3) is 0.462. The minimum atomic E-state index is -0.0244. The molecule has 0 aliphatic rings. The number of carbonyl (C=O) groups excluding carboxylic acids is 1. The van der Waals surface area contributed by atoms with E-state index in [0.29, 0.717) is 6.42 Å². The van der Waals surface area contributed by atoms with E-state index >= 15 is 0 Å². The van der Waals surface area contributed by atoms with Gasteiger partial charge in [-0.2, -0.15) is 0 Å². The number of benzene rings is 1. The van der Waals surface area contributed by atoms with Crippen LogP contribution in [0.1, 0.15) is 26.2 Å². The quantitative estimate of drug-likeness (QED) is 0.826. The lowest BCUT2D eigenvalue weighted by Crippen LogP contribution is -2.33. The zero-order chi connectivity index (χ0) is 12.0. The van der Waals surface area contributed by atoms with Gasteiger partial charge in [0.15, 0.2) is 0 Å². The summed E-state index contributed by atoms with van der Waals surface area (Å²) in [4.78, 5) is 13.5. The second kappa shape index (κ2) is 6.28. The standard InChI is InChI=1S/C13H20N2O/c1-3-7-11(14)10-13(16)15(2)12-8-5-4-6-9-12/h4-6,8-9,11H,3,7,10,14H2,1-2H3. The molecule has 0 aromatic heterocycles. The largest absolute Gasteiger partial charge is 0.327 e. The van der Waals surface area contributed by atoms with Crippen LogP contribution in [0.5, 0.6) is 0 Å². The van der Waals surface area contributed by atoms with Crippen molar-refractivity contribution < 1.29 is 4.79 Å². The van der Waals surface area contributed by atoms with Crippen LogP contribution in [0.25, 0.3) is 0 Å². The van der Waals surface area contributed by atoms with Crippen LogP contribution in [0.2, 0.25) is 0 Å². The molecular formula is C13H20N2O. The molecule has 1 amide bonds. The minimum Gasteiger partial charge on any atom is -0.327 e. The van der Waals surface area contributed by atoms with Crippen molar-refractivity contribution in [3.05, 3.63) is 30.3 Å². The molecule has 3 nitrogen and oxygen atoms in total. The lowest BCUT2D eigenvalue weighted by Gasteiger charge is -2.19. The Labute approximate surface area is 97.2 Å². The number of nitrogens with two attached hydrogens (primary N) is 1. The van der Waals surface area contributed by atoms with E-state index < -0.39 is 0 Å². The van der Waals surface area contributed by atoms with Crippen molar-refractivity contribution >= 4 is 11.6 Å². The summed E-state index contributed by atoms with van der Waals surface area (Å²) in [5, 5.41) is 0. The molecule has 0 heterocycles. The summed E-state index contributed by atoms with van der Waals surface area (Å²) in [5.74, 6) is 0.0761. The number of anilines is 1. The summed E-state index contributed by atoms with van der Waals surface area (Å²) >= 11 is 0. The Morgan fingerprint density at radius 3 is 2.56 bits per heavy atom. The van der Waals surface area contributed by atoms with Gasteiger partial charge in [0, 0.05) is 25.2 Å². The second-order valence-corrected chi connectivity index (χ2v) is 4.04. The third-order valence-corrected chi connectivity index (χ3v) is 2.61. The van der Waals surface area contributed by atoms with Gasteiger partial charge in [-0.3, -0.25) is 4.79 Å². The zero-order valence-electron chi connectivity index (χ0n) is 10.0. The van der Waals surface area contributed by atoms with Gasteiger partial charge < -0.3 is 10.6 Å². The average molecular weight is 220 g/mol. The van der Waals surface area contributed by atoms with Crippen LogP contribution in [-0.2, 0) is 4.79 Å². The maximum Gasteiger partial charge on any atom is 0.228 e. The second-order valence-electron chi connectivity index (χ2n) is 4.04. The van der Waals surface area contributed by atoms with Crippen molar-refractivity contribution in [3.8, 4) is 0 Å². The first-order valence-electron chi connectivity index (χ1n) is 5.72. The molecule has 1 unspecified atom stereocenters. The highest BCUT2D eigenvalue weighted by Crippen LogP contribution is 2.13. The molecule has 0 radical (unpaired) electrons. The third-order valence-electron chi connectivity index (χ3n) is 2.61. The molecule has 0 spiro atoms. The van der Waals surface area contributed by atoms with Gasteiger partial charge in [-0.05, 0) is 18.6 Å². The third kappa shape index (κ3) is 3.66. The van der Waals surface area contributed by atoms with Gasteiger partial charge in [0.2, 0.25) is 5.91 Å². The lowest BCUT2D eigenvalue weighted by atomic mass is 10.1. The molecule has 3 heteroatoms. The summed E-state index contributed by atoms with van der Waals surface area (Å²) in [5.41, 5.74) is 6.77. The van der Waals surface area contributed by atoms with Crippen LogP contribution in [0, 0.1) is 0 Å². The van der Waals surface area contributed by atoms with Crippen LogP contribution in [0.4, 0.5) is 5.69 Å². The van der Waals surface area contributed by atoms with E-state index in [1.165, 1.54) is 0 Å². The molecular weight excluding hydrogens is 200 g/mol. The van der Waals surface area contributed by atoms with E-state index in [9.17, 15) is 4.79 Å². The number of nitrogens with zero attached hydrogens (tertiary/aromatic N) is 1. The Kier molecular flexibility index (Phi) is 4.99. The Bertz CT molecular complexity index is 324. The molecule has 0 aliphatic carbocycles. The monoisotopic (exact) mass is 220 g/mol. The zero-order valence-corrected chi connectivity index (χ0v) is 10.0. The van der Waals surface area contributed by atoms with Crippen molar-refractivity contribution in [2.24, 2.45) is 5.73 Å². The van der Waals surface area contributed by atoms with Crippen LogP contribution in [0.3, 0.4) is 0 Å². The molecule has 0 saturated carbocycles. The van der Waals surface area contributed by atoms with Crippen molar-refractivity contribution in [2.45, 2.75) is 32.2 Å². The molecule has 1 atom stereocenters. The molecule has 1 aromatic rings. The first-order valence-corrected chi connectivity index (χ1v) is 5.72. The van der Waals surface area contributed by atoms with Crippen molar-refractivity contribution in [1.29, 1.82) is 0 Å². The topological polar surface area (TPSA) is 46.3 Å². The number of para-hydroxylation sites is 1. The summed E-state index contributed by atoms with van der Waals surface area (Å²) in [6.07, 6.45) is 2.33. The fourth-order valence-corrected chi connectivity index (χ4v) is 1.63.